The van der Waals surface area contributed by atoms with Gasteiger partial charge in [-0.05, 0) is 24.8 Å². The average Bonchev–Trinajstić information content (AvgIpc) is 2.78. The van der Waals surface area contributed by atoms with Crippen molar-refractivity contribution >= 4 is 5.96 Å². The highest BCUT2D eigenvalue weighted by molar-refractivity contribution is 5.78. The molecule has 1 aromatic carbocycles. The van der Waals surface area contributed by atoms with Crippen LogP contribution in [0.3, 0.4) is 0 Å². The summed E-state index contributed by atoms with van der Waals surface area (Å²) in [7, 11) is 0. The summed E-state index contributed by atoms with van der Waals surface area (Å²) in [5.74, 6) is 2.96. The molecule has 0 aromatic heterocycles. The van der Waals surface area contributed by atoms with Gasteiger partial charge in [0.2, 0.25) is 0 Å². The number of fused-ring (bicyclic) bond motifs is 1. The second-order valence-corrected chi connectivity index (χ2v) is 6.16. The summed E-state index contributed by atoms with van der Waals surface area (Å²) in [6, 6.07) is 5.96. The minimum atomic E-state index is 0.531. The molecule has 1 fully saturated rings. The van der Waals surface area contributed by atoms with Crippen molar-refractivity contribution in [3.8, 4) is 11.5 Å². The zero-order chi connectivity index (χ0) is 15.4. The van der Waals surface area contributed by atoms with Gasteiger partial charge in [-0.3, -0.25) is 0 Å². The van der Waals surface area contributed by atoms with Gasteiger partial charge in [0, 0.05) is 25.1 Å². The topological polar surface area (TPSA) is 60.1 Å². The Morgan fingerprint density at radius 1 is 1.32 bits per heavy atom. The zero-order valence-electron chi connectivity index (χ0n) is 13.3. The number of hydrogen-bond acceptors (Lipinski definition) is 3. The van der Waals surface area contributed by atoms with E-state index >= 15 is 0 Å². The molecule has 3 rings (SSSR count). The van der Waals surface area contributed by atoms with E-state index in [1.165, 1.54) is 12.8 Å². The lowest BCUT2D eigenvalue weighted by molar-refractivity contribution is 0.270. The van der Waals surface area contributed by atoms with Crippen LogP contribution >= 0.6 is 0 Å². The van der Waals surface area contributed by atoms with E-state index in [9.17, 15) is 0 Å². The van der Waals surface area contributed by atoms with Gasteiger partial charge in [0.15, 0.2) is 17.5 Å². The molecule has 120 valence electrons. The molecule has 2 heterocycles. The molecule has 0 saturated carbocycles. The van der Waals surface area contributed by atoms with Crippen LogP contribution in [0.4, 0.5) is 0 Å². The fourth-order valence-electron chi connectivity index (χ4n) is 3.04. The molecule has 1 aromatic rings. The number of likely N-dealkylation sites (tertiary alicyclic amines) is 1. The van der Waals surface area contributed by atoms with Crippen LogP contribution in [0, 0.1) is 5.92 Å². The monoisotopic (exact) mass is 303 g/mol. The molecule has 0 spiro atoms. The molecule has 0 bridgehead atoms. The number of nitrogens with two attached hydrogens (primary N) is 1. The first-order valence-corrected chi connectivity index (χ1v) is 8.16. The summed E-state index contributed by atoms with van der Waals surface area (Å²) in [4.78, 5) is 6.76. The smallest absolute Gasteiger partial charge is 0.191 e. The van der Waals surface area contributed by atoms with E-state index in [1.807, 2.05) is 18.2 Å². The first kappa shape index (κ1) is 15.0. The summed E-state index contributed by atoms with van der Waals surface area (Å²) in [5, 5.41) is 0. The maximum absolute atomic E-state index is 6.17. The molecule has 2 aliphatic rings. The lowest BCUT2D eigenvalue weighted by Crippen LogP contribution is -2.43. The number of nitrogens with zero attached hydrogens (tertiary/aromatic N) is 2. The fourth-order valence-corrected chi connectivity index (χ4v) is 3.04. The third kappa shape index (κ3) is 3.46. The Morgan fingerprint density at radius 2 is 2.18 bits per heavy atom. The minimum absolute atomic E-state index is 0.531. The quantitative estimate of drug-likeness (QED) is 0.673. The Kier molecular flexibility index (Phi) is 4.71. The first-order valence-electron chi connectivity index (χ1n) is 8.16. The van der Waals surface area contributed by atoms with Gasteiger partial charge in [-0.2, -0.15) is 0 Å². The summed E-state index contributed by atoms with van der Waals surface area (Å²) < 4.78 is 11.5. The Hall–Kier alpha value is -1.91. The van der Waals surface area contributed by atoms with Crippen molar-refractivity contribution in [2.45, 2.75) is 32.7 Å². The van der Waals surface area contributed by atoms with Crippen LogP contribution in [-0.4, -0.2) is 37.2 Å². The van der Waals surface area contributed by atoms with E-state index < -0.39 is 0 Å². The van der Waals surface area contributed by atoms with Crippen molar-refractivity contribution in [1.29, 1.82) is 0 Å². The number of aliphatic imine (C=N–C) groups is 1. The minimum Gasteiger partial charge on any atom is -0.490 e. The third-order valence-corrected chi connectivity index (χ3v) is 4.25. The van der Waals surface area contributed by atoms with Crippen molar-refractivity contribution in [1.82, 2.24) is 4.90 Å². The second kappa shape index (κ2) is 6.90. The van der Waals surface area contributed by atoms with Crippen molar-refractivity contribution < 1.29 is 9.47 Å². The number of piperidine rings is 1. The zero-order valence-corrected chi connectivity index (χ0v) is 13.3. The van der Waals surface area contributed by atoms with E-state index in [0.717, 1.165) is 36.6 Å². The van der Waals surface area contributed by atoms with Crippen molar-refractivity contribution in [2.75, 3.05) is 26.3 Å². The number of ether oxygens (including phenoxy) is 2. The molecule has 1 atom stereocenters. The molecule has 0 radical (unpaired) electrons. The molecule has 2 N–H and O–H groups in total. The highest BCUT2D eigenvalue weighted by Crippen LogP contribution is 2.33. The van der Waals surface area contributed by atoms with Crippen LogP contribution in [0.5, 0.6) is 11.5 Å². The number of benzene rings is 1. The molecule has 2 aliphatic heterocycles. The van der Waals surface area contributed by atoms with Gasteiger partial charge in [0.05, 0.1) is 19.8 Å². The molecule has 0 amide bonds. The Labute approximate surface area is 132 Å². The van der Waals surface area contributed by atoms with Crippen LogP contribution in [0.1, 0.15) is 31.7 Å². The van der Waals surface area contributed by atoms with E-state index in [-0.39, 0.29) is 0 Å². The van der Waals surface area contributed by atoms with Gasteiger partial charge in [-0.1, -0.05) is 19.1 Å². The first-order chi connectivity index (χ1) is 10.7. The average molecular weight is 303 g/mol. The highest BCUT2D eigenvalue weighted by Gasteiger charge is 2.18. The Morgan fingerprint density at radius 3 is 3.05 bits per heavy atom. The van der Waals surface area contributed by atoms with Crippen molar-refractivity contribution in [2.24, 2.45) is 16.6 Å². The van der Waals surface area contributed by atoms with Crippen LogP contribution in [0.25, 0.3) is 0 Å². The standard InChI is InChI=1S/C17H25N3O2/c1-13-5-3-8-20(12-13)17(18)19-11-14-6-2-7-15-16(14)22-10-4-9-21-15/h2,6-7,13H,3-5,8-12H2,1H3,(H2,18,19). The number of guanidine groups is 1. The predicted octanol–water partition coefficient (Wildman–Crippen LogP) is 2.39. The molecule has 5 nitrogen and oxygen atoms in total. The molecule has 1 saturated heterocycles. The second-order valence-electron chi connectivity index (χ2n) is 6.16. The number of hydrogen-bond donors (Lipinski definition) is 1. The normalized spacial score (nSPS) is 22.3. The lowest BCUT2D eigenvalue weighted by Gasteiger charge is -2.31. The molecule has 5 heteroatoms. The SMILES string of the molecule is CC1CCCN(C(N)=NCc2cccc3c2OCCCO3)C1. The van der Waals surface area contributed by atoms with Gasteiger partial charge in [0.25, 0.3) is 0 Å². The summed E-state index contributed by atoms with van der Waals surface area (Å²) >= 11 is 0. The summed E-state index contributed by atoms with van der Waals surface area (Å²) in [6.07, 6.45) is 3.38. The third-order valence-electron chi connectivity index (χ3n) is 4.25. The van der Waals surface area contributed by atoms with Gasteiger partial charge in [-0.25, -0.2) is 4.99 Å². The van der Waals surface area contributed by atoms with Crippen LogP contribution in [0.15, 0.2) is 23.2 Å². The fraction of sp³-hybridized carbons (Fsp3) is 0.588. The Bertz CT molecular complexity index is 545. The molecule has 0 aliphatic carbocycles. The summed E-state index contributed by atoms with van der Waals surface area (Å²) in [6.45, 7) is 6.19. The van der Waals surface area contributed by atoms with E-state index in [2.05, 4.69) is 16.8 Å². The van der Waals surface area contributed by atoms with Crippen LogP contribution < -0.4 is 15.2 Å². The summed E-state index contributed by atoms with van der Waals surface area (Å²) in [5.41, 5.74) is 7.20. The molecular weight excluding hydrogens is 278 g/mol. The predicted molar refractivity (Wildman–Crippen MR) is 87.3 cm³/mol. The molecule has 1 unspecified atom stereocenters. The van der Waals surface area contributed by atoms with E-state index in [0.29, 0.717) is 31.6 Å². The lowest BCUT2D eigenvalue weighted by atomic mass is 10.0. The van der Waals surface area contributed by atoms with Gasteiger partial charge >= 0.3 is 0 Å². The van der Waals surface area contributed by atoms with Crippen LogP contribution in [-0.2, 0) is 6.54 Å². The van der Waals surface area contributed by atoms with Gasteiger partial charge in [0.1, 0.15) is 0 Å². The molecular formula is C17H25N3O2. The van der Waals surface area contributed by atoms with E-state index in [4.69, 9.17) is 15.2 Å². The number of rotatable bonds is 2. The number of para-hydroxylation sites is 1. The van der Waals surface area contributed by atoms with Gasteiger partial charge in [-0.15, -0.1) is 0 Å². The Balaban J connectivity index is 1.71. The van der Waals surface area contributed by atoms with Gasteiger partial charge < -0.3 is 20.1 Å². The highest BCUT2D eigenvalue weighted by atomic mass is 16.5. The van der Waals surface area contributed by atoms with Crippen molar-refractivity contribution in [3.05, 3.63) is 23.8 Å². The molecule has 22 heavy (non-hydrogen) atoms. The maximum atomic E-state index is 6.17. The maximum Gasteiger partial charge on any atom is 0.191 e. The van der Waals surface area contributed by atoms with E-state index in [1.54, 1.807) is 0 Å². The largest absolute Gasteiger partial charge is 0.490 e. The van der Waals surface area contributed by atoms with Crippen LogP contribution in [0.2, 0.25) is 0 Å². The van der Waals surface area contributed by atoms with Crippen molar-refractivity contribution in [3.63, 3.8) is 0 Å².